The summed E-state index contributed by atoms with van der Waals surface area (Å²) in [6.45, 7) is -0.00369. The predicted octanol–water partition coefficient (Wildman–Crippen LogP) is 3.93. The normalized spacial score (nSPS) is 12.0. The summed E-state index contributed by atoms with van der Waals surface area (Å²) in [6.07, 6.45) is -5.00. The van der Waals surface area contributed by atoms with Gasteiger partial charge in [-0.1, -0.05) is 30.3 Å². The van der Waals surface area contributed by atoms with Crippen LogP contribution in [0.25, 0.3) is 16.6 Å². The fourth-order valence-electron chi connectivity index (χ4n) is 3.66. The van der Waals surface area contributed by atoms with Crippen LogP contribution in [-0.4, -0.2) is 23.4 Å². The number of ether oxygens (including phenoxy) is 1. The van der Waals surface area contributed by atoms with Gasteiger partial charge in [-0.15, -0.1) is 0 Å². The van der Waals surface area contributed by atoms with Crippen LogP contribution in [0, 0.1) is 0 Å². The molecule has 0 aliphatic carbocycles. The quantitative estimate of drug-likeness (QED) is 0.372. The fraction of sp³-hybridized carbons (Fsp3) is 0.0833. The largest absolute Gasteiger partial charge is 0.487 e. The van der Waals surface area contributed by atoms with Gasteiger partial charge in [-0.3, -0.25) is 18.7 Å². The van der Waals surface area contributed by atoms with Crippen LogP contribution < -0.4 is 16.0 Å². The maximum atomic E-state index is 13.8. The Morgan fingerprint density at radius 3 is 2.31 bits per heavy atom. The van der Waals surface area contributed by atoms with Gasteiger partial charge in [-0.25, -0.2) is 0 Å². The first kappa shape index (κ1) is 24.9. The molecular formula is C24H17F3N2O6S. The van der Waals surface area contributed by atoms with E-state index in [0.717, 1.165) is 22.3 Å². The van der Waals surface area contributed by atoms with Crippen molar-refractivity contribution in [3.05, 3.63) is 99.8 Å². The fourth-order valence-corrected chi connectivity index (χ4v) is 4.16. The molecule has 0 bridgehead atoms. The monoisotopic (exact) mass is 518 g/mol. The van der Waals surface area contributed by atoms with Crippen molar-refractivity contribution in [3.63, 3.8) is 0 Å². The summed E-state index contributed by atoms with van der Waals surface area (Å²) >= 11 is 0. The van der Waals surface area contributed by atoms with Gasteiger partial charge in [0.15, 0.2) is 0 Å². The van der Waals surface area contributed by atoms with Crippen molar-refractivity contribution in [1.82, 2.24) is 4.57 Å². The Labute approximate surface area is 202 Å². The molecule has 8 nitrogen and oxygen atoms in total. The lowest BCUT2D eigenvalue weighted by Gasteiger charge is -2.19. The second-order valence-corrected chi connectivity index (χ2v) is 9.13. The van der Waals surface area contributed by atoms with Gasteiger partial charge in [0, 0.05) is 17.0 Å². The summed E-state index contributed by atoms with van der Waals surface area (Å²) < 4.78 is 80.5. The lowest BCUT2D eigenvalue weighted by Crippen LogP contribution is -2.23. The number of primary amides is 1. The molecular weight excluding hydrogens is 501 g/mol. The SMILES string of the molecule is NC(=O)c1ccc(-n2c(=O)cc(C(F)(F)F)c3cc(S(=O)(=O)O)ccc32)c(OCc2ccccc2)c1. The molecule has 0 unspecified atom stereocenters. The minimum Gasteiger partial charge on any atom is -0.487 e. The van der Waals surface area contributed by atoms with Crippen LogP contribution >= 0.6 is 0 Å². The number of rotatable bonds is 6. The number of alkyl halides is 3. The molecule has 1 heterocycles. The van der Waals surface area contributed by atoms with Crippen molar-refractivity contribution in [2.45, 2.75) is 17.7 Å². The Morgan fingerprint density at radius 2 is 1.69 bits per heavy atom. The summed E-state index contributed by atoms with van der Waals surface area (Å²) in [5.74, 6) is -0.828. The minimum atomic E-state index is -5.00. The molecule has 12 heteroatoms. The number of nitrogens with two attached hydrogens (primary N) is 1. The molecule has 0 radical (unpaired) electrons. The van der Waals surface area contributed by atoms with Gasteiger partial charge in [0.25, 0.3) is 15.7 Å². The topological polar surface area (TPSA) is 129 Å². The molecule has 0 spiro atoms. The van der Waals surface area contributed by atoms with Crippen LogP contribution in [0.4, 0.5) is 13.2 Å². The lowest BCUT2D eigenvalue weighted by molar-refractivity contribution is -0.136. The maximum absolute atomic E-state index is 13.8. The smallest absolute Gasteiger partial charge is 0.417 e. The van der Waals surface area contributed by atoms with Crippen molar-refractivity contribution in [1.29, 1.82) is 0 Å². The highest BCUT2D eigenvalue weighted by molar-refractivity contribution is 7.85. The Bertz CT molecular complexity index is 1650. The summed E-state index contributed by atoms with van der Waals surface area (Å²) in [5.41, 5.74) is 3.32. The summed E-state index contributed by atoms with van der Waals surface area (Å²) in [7, 11) is -4.84. The molecule has 0 aliphatic rings. The number of carbonyl (C=O) groups excluding carboxylic acids is 1. The van der Waals surface area contributed by atoms with Gasteiger partial charge in [-0.2, -0.15) is 21.6 Å². The first-order chi connectivity index (χ1) is 16.9. The van der Waals surface area contributed by atoms with Gasteiger partial charge >= 0.3 is 6.18 Å². The standard InChI is InChI=1S/C24H17F3N2O6S/c25-24(26,27)18-12-22(30)29(19-9-7-16(11-17(18)19)36(32,33)34)20-8-6-15(23(28)31)10-21(20)35-13-14-4-2-1-3-5-14/h1-12H,13H2,(H2,28,31)(H,32,33,34). The minimum absolute atomic E-state index is 0.00369. The molecule has 1 amide bonds. The highest BCUT2D eigenvalue weighted by atomic mass is 32.2. The molecule has 0 saturated carbocycles. The molecule has 0 saturated heterocycles. The molecule has 3 N–H and O–H groups in total. The van der Waals surface area contributed by atoms with E-state index in [2.05, 4.69) is 0 Å². The average molecular weight is 518 g/mol. The number of carbonyl (C=O) groups is 1. The van der Waals surface area contributed by atoms with Crippen LogP contribution in [0.2, 0.25) is 0 Å². The van der Waals surface area contributed by atoms with E-state index in [1.807, 2.05) is 0 Å². The number of pyridine rings is 1. The molecule has 0 fully saturated rings. The van der Waals surface area contributed by atoms with Gasteiger partial charge in [0.2, 0.25) is 5.91 Å². The van der Waals surface area contributed by atoms with Crippen molar-refractivity contribution < 1.29 is 35.7 Å². The highest BCUT2D eigenvalue weighted by Gasteiger charge is 2.35. The summed E-state index contributed by atoms with van der Waals surface area (Å²) in [6, 6.07) is 15.4. The van der Waals surface area contributed by atoms with E-state index >= 15 is 0 Å². The first-order valence-corrected chi connectivity index (χ1v) is 11.7. The molecule has 186 valence electrons. The molecule has 0 aliphatic heterocycles. The molecule has 1 aromatic heterocycles. The zero-order chi connectivity index (χ0) is 26.3. The van der Waals surface area contributed by atoms with Crippen LogP contribution in [0.3, 0.4) is 0 Å². The third-order valence-electron chi connectivity index (χ3n) is 5.31. The van der Waals surface area contributed by atoms with Crippen LogP contribution in [-0.2, 0) is 22.9 Å². The third kappa shape index (κ3) is 4.95. The number of hydrogen-bond acceptors (Lipinski definition) is 5. The number of aromatic nitrogens is 1. The van der Waals surface area contributed by atoms with Crippen LogP contribution in [0.5, 0.6) is 5.75 Å². The summed E-state index contributed by atoms with van der Waals surface area (Å²) in [4.78, 5) is 23.9. The number of fused-ring (bicyclic) bond motifs is 1. The number of amides is 1. The van der Waals surface area contributed by atoms with E-state index < -0.39 is 43.6 Å². The predicted molar refractivity (Wildman–Crippen MR) is 124 cm³/mol. The van der Waals surface area contributed by atoms with Crippen molar-refractivity contribution >= 4 is 26.9 Å². The Morgan fingerprint density at radius 1 is 1.00 bits per heavy atom. The maximum Gasteiger partial charge on any atom is 0.417 e. The van der Waals surface area contributed by atoms with E-state index in [-0.39, 0.29) is 29.1 Å². The summed E-state index contributed by atoms with van der Waals surface area (Å²) in [5, 5.41) is -0.648. The van der Waals surface area contributed by atoms with Gasteiger partial charge in [0.05, 0.1) is 21.7 Å². The van der Waals surface area contributed by atoms with Crippen LogP contribution in [0.1, 0.15) is 21.5 Å². The zero-order valence-electron chi connectivity index (χ0n) is 18.2. The van der Waals surface area contributed by atoms with Crippen LogP contribution in [0.15, 0.2) is 82.5 Å². The number of nitrogens with zero attached hydrogens (tertiary/aromatic N) is 1. The van der Waals surface area contributed by atoms with Crippen molar-refractivity contribution in [3.8, 4) is 11.4 Å². The number of hydrogen-bond donors (Lipinski definition) is 2. The molecule has 4 aromatic rings. The van der Waals surface area contributed by atoms with E-state index in [1.54, 1.807) is 30.3 Å². The number of benzene rings is 3. The highest BCUT2D eigenvalue weighted by Crippen LogP contribution is 2.36. The first-order valence-electron chi connectivity index (χ1n) is 10.2. The Kier molecular flexibility index (Phi) is 6.33. The Hall–Kier alpha value is -4.16. The Balaban J connectivity index is 2.00. The zero-order valence-corrected chi connectivity index (χ0v) is 19.0. The van der Waals surface area contributed by atoms with Crippen molar-refractivity contribution in [2.24, 2.45) is 5.73 Å². The average Bonchev–Trinajstić information content (AvgIpc) is 2.81. The second kappa shape index (κ2) is 9.13. The third-order valence-corrected chi connectivity index (χ3v) is 6.16. The molecule has 0 atom stereocenters. The van der Waals surface area contributed by atoms with E-state index in [4.69, 9.17) is 10.5 Å². The molecule has 4 rings (SSSR count). The lowest BCUT2D eigenvalue weighted by atomic mass is 10.1. The van der Waals surface area contributed by atoms with Crippen molar-refractivity contribution in [2.75, 3.05) is 0 Å². The van der Waals surface area contributed by atoms with E-state index in [1.165, 1.54) is 18.2 Å². The van der Waals surface area contributed by atoms with Gasteiger partial charge in [-0.05, 0) is 42.0 Å². The second-order valence-electron chi connectivity index (χ2n) is 7.70. The van der Waals surface area contributed by atoms with Gasteiger partial charge < -0.3 is 10.5 Å². The van der Waals surface area contributed by atoms with E-state index in [9.17, 15) is 35.7 Å². The van der Waals surface area contributed by atoms with Gasteiger partial charge in [0.1, 0.15) is 12.4 Å². The molecule has 36 heavy (non-hydrogen) atoms. The number of halogens is 3. The molecule has 3 aromatic carbocycles. The van der Waals surface area contributed by atoms with E-state index in [0.29, 0.717) is 12.1 Å².